The molecule has 0 radical (unpaired) electrons. The highest BCUT2D eigenvalue weighted by atomic mass is 79.9. The van der Waals surface area contributed by atoms with Crippen LogP contribution in [0.25, 0.3) is 0 Å². The van der Waals surface area contributed by atoms with E-state index in [1.165, 1.54) is 12.1 Å². The maximum absolute atomic E-state index is 13.0. The van der Waals surface area contributed by atoms with Gasteiger partial charge in [-0.2, -0.15) is 0 Å². The average Bonchev–Trinajstić information content (AvgIpc) is 1.98. The highest BCUT2D eigenvalue weighted by Crippen LogP contribution is 2.18. The molecular weight excluding hydrogens is 259 g/mol. The summed E-state index contributed by atoms with van der Waals surface area (Å²) < 4.78 is 13.8. The molecule has 0 saturated heterocycles. The average molecular weight is 273 g/mol. The fourth-order valence-corrected chi connectivity index (χ4v) is 2.21. The fraction of sp³-hybridized carbons (Fsp3) is 0.417. The van der Waals surface area contributed by atoms with E-state index in [0.717, 1.165) is 16.5 Å². The molecule has 1 aromatic carbocycles. The first-order valence-electron chi connectivity index (χ1n) is 4.92. The Balaban J connectivity index is 2.67. The third-order valence-electron chi connectivity index (χ3n) is 2.14. The molecule has 15 heavy (non-hydrogen) atoms. The number of benzene rings is 1. The zero-order valence-electron chi connectivity index (χ0n) is 8.89. The summed E-state index contributed by atoms with van der Waals surface area (Å²) in [5, 5.41) is 0. The van der Waals surface area contributed by atoms with Crippen molar-refractivity contribution in [2.75, 3.05) is 0 Å². The van der Waals surface area contributed by atoms with Crippen LogP contribution in [-0.2, 0) is 11.2 Å². The van der Waals surface area contributed by atoms with Crippen molar-refractivity contribution >= 4 is 21.7 Å². The van der Waals surface area contributed by atoms with Crippen LogP contribution in [0.5, 0.6) is 0 Å². The molecule has 0 amide bonds. The summed E-state index contributed by atoms with van der Waals surface area (Å²) in [5.74, 6) is 0.198. The number of ketones is 1. The van der Waals surface area contributed by atoms with Gasteiger partial charge in [-0.15, -0.1) is 0 Å². The third kappa shape index (κ3) is 4.56. The maximum Gasteiger partial charge on any atom is 0.130 e. The number of hydrogen-bond donors (Lipinski definition) is 0. The number of carbonyl (C=O) groups is 1. The number of halogens is 2. The van der Waals surface area contributed by atoms with E-state index in [9.17, 15) is 9.18 Å². The highest BCUT2D eigenvalue weighted by molar-refractivity contribution is 9.10. The largest absolute Gasteiger partial charge is 0.300 e. The third-order valence-corrected chi connectivity index (χ3v) is 2.60. The van der Waals surface area contributed by atoms with Gasteiger partial charge in [0.1, 0.15) is 11.6 Å². The first-order chi connectivity index (χ1) is 6.97. The standard InChI is InChI=1S/C12H14BrFO/c1-8(3-9(2)15)4-10-5-11(13)7-12(14)6-10/h5-8H,3-4H2,1-2H3. The van der Waals surface area contributed by atoms with Gasteiger partial charge in [-0.05, 0) is 43.0 Å². The van der Waals surface area contributed by atoms with Gasteiger partial charge < -0.3 is 4.79 Å². The van der Waals surface area contributed by atoms with Gasteiger partial charge in [0, 0.05) is 10.9 Å². The Kier molecular flexibility index (Phi) is 4.45. The Bertz CT molecular complexity index is 342. The molecule has 1 unspecified atom stereocenters. The van der Waals surface area contributed by atoms with Crippen molar-refractivity contribution < 1.29 is 9.18 Å². The molecule has 0 aliphatic heterocycles. The Morgan fingerprint density at radius 2 is 2.13 bits per heavy atom. The van der Waals surface area contributed by atoms with Crippen LogP contribution in [0.4, 0.5) is 4.39 Å². The van der Waals surface area contributed by atoms with E-state index in [2.05, 4.69) is 15.9 Å². The molecule has 1 nitrogen and oxygen atoms in total. The molecule has 3 heteroatoms. The summed E-state index contributed by atoms with van der Waals surface area (Å²) in [6.07, 6.45) is 1.28. The summed E-state index contributed by atoms with van der Waals surface area (Å²) >= 11 is 3.25. The lowest BCUT2D eigenvalue weighted by molar-refractivity contribution is -0.117. The molecule has 0 N–H and O–H groups in total. The van der Waals surface area contributed by atoms with Crippen molar-refractivity contribution in [2.24, 2.45) is 5.92 Å². The normalized spacial score (nSPS) is 12.5. The number of carbonyl (C=O) groups excluding carboxylic acids is 1. The Labute approximate surface area is 97.8 Å². The Morgan fingerprint density at radius 1 is 1.47 bits per heavy atom. The second kappa shape index (κ2) is 5.40. The van der Waals surface area contributed by atoms with E-state index in [4.69, 9.17) is 0 Å². The van der Waals surface area contributed by atoms with Gasteiger partial charge >= 0.3 is 0 Å². The van der Waals surface area contributed by atoms with Gasteiger partial charge in [0.25, 0.3) is 0 Å². The van der Waals surface area contributed by atoms with Gasteiger partial charge in [0.15, 0.2) is 0 Å². The molecule has 0 heterocycles. The maximum atomic E-state index is 13.0. The van der Waals surface area contributed by atoms with Gasteiger partial charge in [-0.1, -0.05) is 22.9 Å². The van der Waals surface area contributed by atoms with Crippen LogP contribution in [0.1, 0.15) is 25.8 Å². The minimum absolute atomic E-state index is 0.179. The highest BCUT2D eigenvalue weighted by Gasteiger charge is 2.08. The lowest BCUT2D eigenvalue weighted by Gasteiger charge is -2.09. The van der Waals surface area contributed by atoms with Crippen molar-refractivity contribution in [3.05, 3.63) is 34.1 Å². The lowest BCUT2D eigenvalue weighted by atomic mass is 9.96. The molecule has 0 aromatic heterocycles. The van der Waals surface area contributed by atoms with E-state index < -0.39 is 0 Å². The first-order valence-corrected chi connectivity index (χ1v) is 5.71. The van der Waals surface area contributed by atoms with Crippen LogP contribution in [0.3, 0.4) is 0 Å². The summed E-state index contributed by atoms with van der Waals surface area (Å²) in [7, 11) is 0. The smallest absolute Gasteiger partial charge is 0.130 e. The molecule has 1 atom stereocenters. The van der Waals surface area contributed by atoms with Crippen molar-refractivity contribution in [2.45, 2.75) is 26.7 Å². The molecule has 0 aliphatic rings. The zero-order chi connectivity index (χ0) is 11.4. The van der Waals surface area contributed by atoms with E-state index >= 15 is 0 Å². The van der Waals surface area contributed by atoms with Crippen LogP contribution in [0.15, 0.2) is 22.7 Å². The molecule has 1 rings (SSSR count). The van der Waals surface area contributed by atoms with Crippen molar-refractivity contribution in [3.63, 3.8) is 0 Å². The number of hydrogen-bond acceptors (Lipinski definition) is 1. The molecule has 1 aromatic rings. The second-order valence-electron chi connectivity index (χ2n) is 3.99. The summed E-state index contributed by atoms with van der Waals surface area (Å²) in [6.45, 7) is 3.58. The molecule has 82 valence electrons. The quantitative estimate of drug-likeness (QED) is 0.816. The summed E-state index contributed by atoms with van der Waals surface area (Å²) in [6, 6.07) is 4.83. The van der Waals surface area contributed by atoms with Gasteiger partial charge in [0.2, 0.25) is 0 Å². The fourth-order valence-electron chi connectivity index (χ4n) is 1.69. The van der Waals surface area contributed by atoms with Gasteiger partial charge in [-0.3, -0.25) is 0 Å². The molecular formula is C12H14BrFO. The summed E-state index contributed by atoms with van der Waals surface area (Å²) in [4.78, 5) is 10.9. The van der Waals surface area contributed by atoms with Crippen LogP contribution in [-0.4, -0.2) is 5.78 Å². The first kappa shape index (κ1) is 12.4. The van der Waals surface area contributed by atoms with Crippen molar-refractivity contribution in [1.29, 1.82) is 0 Å². The topological polar surface area (TPSA) is 17.1 Å². The zero-order valence-corrected chi connectivity index (χ0v) is 10.5. The van der Waals surface area contributed by atoms with Crippen molar-refractivity contribution in [1.82, 2.24) is 0 Å². The number of rotatable bonds is 4. The van der Waals surface area contributed by atoms with E-state index in [1.807, 2.05) is 13.0 Å². The minimum Gasteiger partial charge on any atom is -0.300 e. The summed E-state index contributed by atoms with van der Waals surface area (Å²) in [5.41, 5.74) is 0.927. The molecule has 0 bridgehead atoms. The van der Waals surface area contributed by atoms with E-state index in [-0.39, 0.29) is 17.5 Å². The predicted molar refractivity (Wildman–Crippen MR) is 62.3 cm³/mol. The van der Waals surface area contributed by atoms with E-state index in [1.54, 1.807) is 6.92 Å². The predicted octanol–water partition coefficient (Wildman–Crippen LogP) is 3.75. The number of Topliss-reactive ketones (excluding diaryl/α,β-unsaturated/α-hetero) is 1. The molecule has 0 saturated carbocycles. The van der Waals surface area contributed by atoms with Crippen LogP contribution in [0, 0.1) is 11.7 Å². The van der Waals surface area contributed by atoms with Gasteiger partial charge in [0.05, 0.1) is 0 Å². The molecule has 0 spiro atoms. The lowest BCUT2D eigenvalue weighted by Crippen LogP contribution is -2.05. The SMILES string of the molecule is CC(=O)CC(C)Cc1cc(F)cc(Br)c1. The van der Waals surface area contributed by atoms with Crippen LogP contribution >= 0.6 is 15.9 Å². The van der Waals surface area contributed by atoms with Crippen molar-refractivity contribution in [3.8, 4) is 0 Å². The monoisotopic (exact) mass is 272 g/mol. The van der Waals surface area contributed by atoms with Crippen LogP contribution in [0.2, 0.25) is 0 Å². The van der Waals surface area contributed by atoms with Gasteiger partial charge in [-0.25, -0.2) is 4.39 Å². The Hall–Kier alpha value is -0.700. The minimum atomic E-state index is -0.241. The van der Waals surface area contributed by atoms with E-state index in [0.29, 0.717) is 6.42 Å². The Morgan fingerprint density at radius 3 is 2.67 bits per heavy atom. The second-order valence-corrected chi connectivity index (χ2v) is 4.91. The molecule has 0 fully saturated rings. The van der Waals surface area contributed by atoms with Crippen LogP contribution < -0.4 is 0 Å². The molecule has 0 aliphatic carbocycles.